The lowest BCUT2D eigenvalue weighted by Gasteiger charge is -2.18. The molecule has 4 rings (SSSR count). The highest BCUT2D eigenvalue weighted by molar-refractivity contribution is 6.10. The highest BCUT2D eigenvalue weighted by atomic mass is 16.5. The monoisotopic (exact) mass is 329 g/mol. The summed E-state index contributed by atoms with van der Waals surface area (Å²) in [5.41, 5.74) is 4.00. The minimum absolute atomic E-state index is 0.110. The zero-order valence-electron chi connectivity index (χ0n) is 14.1. The third kappa shape index (κ3) is 2.68. The van der Waals surface area contributed by atoms with Crippen molar-refractivity contribution < 1.29 is 9.53 Å². The number of hydrogen-bond acceptors (Lipinski definition) is 2. The van der Waals surface area contributed by atoms with E-state index in [-0.39, 0.29) is 11.8 Å². The Balaban J connectivity index is 1.76. The highest BCUT2D eigenvalue weighted by Gasteiger charge is 2.38. The summed E-state index contributed by atoms with van der Waals surface area (Å²) in [4.78, 5) is 15.1. The van der Waals surface area contributed by atoms with E-state index in [4.69, 9.17) is 4.74 Å². The molecule has 0 spiro atoms. The Hall–Kier alpha value is -3.07. The van der Waals surface area contributed by atoms with Gasteiger partial charge in [-0.05, 0) is 41.8 Å². The van der Waals surface area contributed by atoms with E-state index < -0.39 is 0 Å². The van der Waals surface area contributed by atoms with Gasteiger partial charge in [-0.25, -0.2) is 0 Å². The van der Waals surface area contributed by atoms with Gasteiger partial charge in [0.25, 0.3) is 0 Å². The average Bonchev–Trinajstić information content (AvgIpc) is 2.95. The molecular weight excluding hydrogens is 310 g/mol. The second-order valence-electron chi connectivity index (χ2n) is 6.14. The second kappa shape index (κ2) is 6.44. The molecular formula is C22H19NO2. The zero-order valence-corrected chi connectivity index (χ0v) is 14.1. The van der Waals surface area contributed by atoms with E-state index in [0.717, 1.165) is 28.3 Å². The molecule has 3 heteroatoms. The van der Waals surface area contributed by atoms with Crippen molar-refractivity contribution in [2.45, 2.75) is 12.3 Å². The molecule has 124 valence electrons. The number of para-hydroxylation sites is 3. The molecule has 1 aliphatic rings. The van der Waals surface area contributed by atoms with Crippen molar-refractivity contribution >= 4 is 17.3 Å². The van der Waals surface area contributed by atoms with Crippen LogP contribution >= 0.6 is 0 Å². The van der Waals surface area contributed by atoms with Crippen LogP contribution in [0, 0.1) is 0 Å². The molecule has 1 atom stereocenters. The van der Waals surface area contributed by atoms with Crippen molar-refractivity contribution in [3.05, 3.63) is 90.0 Å². The van der Waals surface area contributed by atoms with Crippen molar-refractivity contribution in [1.82, 2.24) is 0 Å². The molecule has 1 unspecified atom stereocenters. The molecule has 1 heterocycles. The van der Waals surface area contributed by atoms with Crippen LogP contribution < -0.4 is 9.64 Å². The lowest BCUT2D eigenvalue weighted by Crippen LogP contribution is -2.24. The van der Waals surface area contributed by atoms with Crippen molar-refractivity contribution in [2.75, 3.05) is 12.0 Å². The fraction of sp³-hybridized carbons (Fsp3) is 0.136. The lowest BCUT2D eigenvalue weighted by atomic mass is 9.93. The Kier molecular flexibility index (Phi) is 3.98. The third-order valence-corrected chi connectivity index (χ3v) is 4.70. The van der Waals surface area contributed by atoms with Crippen LogP contribution in [0.3, 0.4) is 0 Å². The van der Waals surface area contributed by atoms with Gasteiger partial charge in [-0.2, -0.15) is 0 Å². The molecule has 25 heavy (non-hydrogen) atoms. The maximum Gasteiger partial charge on any atom is 0.239 e. The highest BCUT2D eigenvalue weighted by Crippen LogP contribution is 2.43. The smallest absolute Gasteiger partial charge is 0.239 e. The van der Waals surface area contributed by atoms with Gasteiger partial charge in [-0.3, -0.25) is 9.69 Å². The zero-order chi connectivity index (χ0) is 17.2. The molecule has 1 aliphatic heterocycles. The number of methoxy groups -OCH3 is 1. The van der Waals surface area contributed by atoms with Crippen LogP contribution in [0.4, 0.5) is 11.4 Å². The molecule has 0 bridgehead atoms. The quantitative estimate of drug-likeness (QED) is 0.694. The van der Waals surface area contributed by atoms with Crippen molar-refractivity contribution in [3.8, 4) is 5.75 Å². The molecule has 3 aromatic carbocycles. The largest absolute Gasteiger partial charge is 0.496 e. The summed E-state index contributed by atoms with van der Waals surface area (Å²) >= 11 is 0. The average molecular weight is 329 g/mol. The minimum atomic E-state index is -0.201. The summed E-state index contributed by atoms with van der Waals surface area (Å²) in [6.07, 6.45) is 0.628. The second-order valence-corrected chi connectivity index (χ2v) is 6.14. The topological polar surface area (TPSA) is 29.5 Å². The first-order valence-electron chi connectivity index (χ1n) is 8.39. The minimum Gasteiger partial charge on any atom is -0.496 e. The summed E-state index contributed by atoms with van der Waals surface area (Å²) in [6, 6.07) is 25.8. The Morgan fingerprint density at radius 3 is 2.36 bits per heavy atom. The first-order valence-corrected chi connectivity index (χ1v) is 8.39. The maximum atomic E-state index is 13.3. The number of carbonyl (C=O) groups excluding carboxylic acids is 1. The predicted molar refractivity (Wildman–Crippen MR) is 99.5 cm³/mol. The maximum absolute atomic E-state index is 13.3. The van der Waals surface area contributed by atoms with E-state index in [1.807, 2.05) is 77.7 Å². The molecule has 1 amide bonds. The van der Waals surface area contributed by atoms with Crippen LogP contribution in [0.15, 0.2) is 78.9 Å². The number of fused-ring (bicyclic) bond motifs is 1. The Morgan fingerprint density at radius 2 is 1.56 bits per heavy atom. The first-order chi connectivity index (χ1) is 12.3. The van der Waals surface area contributed by atoms with Crippen LogP contribution in [-0.4, -0.2) is 13.0 Å². The van der Waals surface area contributed by atoms with Crippen molar-refractivity contribution in [3.63, 3.8) is 0 Å². The van der Waals surface area contributed by atoms with Gasteiger partial charge in [-0.15, -0.1) is 0 Å². The van der Waals surface area contributed by atoms with E-state index in [9.17, 15) is 4.79 Å². The van der Waals surface area contributed by atoms with E-state index in [1.54, 1.807) is 7.11 Å². The molecule has 3 nitrogen and oxygen atoms in total. The summed E-state index contributed by atoms with van der Waals surface area (Å²) in [6.45, 7) is 0. The Morgan fingerprint density at radius 1 is 0.880 bits per heavy atom. The third-order valence-electron chi connectivity index (χ3n) is 4.70. The molecule has 0 saturated carbocycles. The van der Waals surface area contributed by atoms with Crippen molar-refractivity contribution in [2.24, 2.45) is 0 Å². The lowest BCUT2D eigenvalue weighted by molar-refractivity contribution is -0.118. The molecule has 0 saturated heterocycles. The van der Waals surface area contributed by atoms with Crippen molar-refractivity contribution in [1.29, 1.82) is 0 Å². The number of benzene rings is 3. The molecule has 0 N–H and O–H groups in total. The van der Waals surface area contributed by atoms with E-state index in [0.29, 0.717) is 6.42 Å². The number of nitrogens with zero attached hydrogens (tertiary/aromatic N) is 1. The van der Waals surface area contributed by atoms with Crippen LogP contribution in [0.2, 0.25) is 0 Å². The SMILES string of the molecule is COc1ccccc1CC1C(=O)N(c2ccccc2)c2ccccc21. The fourth-order valence-corrected chi connectivity index (χ4v) is 3.53. The van der Waals surface area contributed by atoms with E-state index >= 15 is 0 Å². The molecule has 0 radical (unpaired) electrons. The summed E-state index contributed by atoms with van der Waals surface area (Å²) in [7, 11) is 1.67. The van der Waals surface area contributed by atoms with Gasteiger partial charge in [0.15, 0.2) is 0 Å². The van der Waals surface area contributed by atoms with Gasteiger partial charge in [0.2, 0.25) is 5.91 Å². The number of ether oxygens (including phenoxy) is 1. The molecule has 0 aliphatic carbocycles. The number of anilines is 2. The predicted octanol–water partition coefficient (Wildman–Crippen LogP) is 4.70. The summed E-state index contributed by atoms with van der Waals surface area (Å²) in [5, 5.41) is 0. The summed E-state index contributed by atoms with van der Waals surface area (Å²) in [5.74, 6) is 0.733. The van der Waals surface area contributed by atoms with Crippen LogP contribution in [0.25, 0.3) is 0 Å². The molecule has 0 aromatic heterocycles. The van der Waals surface area contributed by atoms with Gasteiger partial charge >= 0.3 is 0 Å². The fourth-order valence-electron chi connectivity index (χ4n) is 3.53. The first kappa shape index (κ1) is 15.5. The van der Waals surface area contributed by atoms with Crippen LogP contribution in [0.1, 0.15) is 17.0 Å². The van der Waals surface area contributed by atoms with Gasteiger partial charge in [0.05, 0.1) is 18.7 Å². The summed E-state index contributed by atoms with van der Waals surface area (Å²) < 4.78 is 5.47. The number of hydrogen-bond donors (Lipinski definition) is 0. The van der Waals surface area contributed by atoms with Gasteiger partial charge in [0.1, 0.15) is 5.75 Å². The molecule has 3 aromatic rings. The molecule has 0 fully saturated rings. The number of carbonyl (C=O) groups is 1. The van der Waals surface area contributed by atoms with E-state index in [2.05, 4.69) is 6.07 Å². The normalized spacial score (nSPS) is 16.0. The Bertz CT molecular complexity index is 905. The van der Waals surface area contributed by atoms with E-state index in [1.165, 1.54) is 0 Å². The van der Waals surface area contributed by atoms with Gasteiger partial charge in [0, 0.05) is 5.69 Å². The van der Waals surface area contributed by atoms with Gasteiger partial charge in [-0.1, -0.05) is 54.6 Å². The standard InChI is InChI=1S/C22H19NO2/c1-25-21-14-8-5-9-16(21)15-19-18-12-6-7-13-20(18)23(22(19)24)17-10-3-2-4-11-17/h2-14,19H,15H2,1H3. The van der Waals surface area contributed by atoms with Crippen LogP contribution in [-0.2, 0) is 11.2 Å². The Labute approximate surface area is 147 Å². The number of rotatable bonds is 4. The van der Waals surface area contributed by atoms with Crippen LogP contribution in [0.5, 0.6) is 5.75 Å². The number of amides is 1. The van der Waals surface area contributed by atoms with Gasteiger partial charge < -0.3 is 4.74 Å².